The lowest BCUT2D eigenvalue weighted by atomic mass is 10.1. The van der Waals surface area contributed by atoms with E-state index in [-0.39, 0.29) is 23.9 Å². The predicted octanol–water partition coefficient (Wildman–Crippen LogP) is 2.35. The summed E-state index contributed by atoms with van der Waals surface area (Å²) in [6, 6.07) is 11.0. The predicted molar refractivity (Wildman–Crippen MR) is 118 cm³/mol. The molecule has 0 fully saturated rings. The maximum Gasteiger partial charge on any atom is 0.282 e. The number of methoxy groups -OCH3 is 1. The van der Waals surface area contributed by atoms with Crippen LogP contribution in [-0.4, -0.2) is 44.1 Å². The van der Waals surface area contributed by atoms with Crippen molar-refractivity contribution in [3.63, 3.8) is 0 Å². The molecule has 0 aliphatic carbocycles. The molecule has 3 N–H and O–H groups in total. The maximum atomic E-state index is 12.8. The number of likely N-dealkylation sites (N-methyl/N-ethyl adjacent to an activating group) is 1. The highest BCUT2D eigenvalue weighted by molar-refractivity contribution is 6.08. The smallest absolute Gasteiger partial charge is 0.282 e. The molecular weight excluding hydrogens is 382 g/mol. The minimum atomic E-state index is -0.438. The van der Waals surface area contributed by atoms with E-state index < -0.39 is 6.04 Å². The van der Waals surface area contributed by atoms with Crippen LogP contribution in [0.5, 0.6) is 5.75 Å². The molecule has 0 spiro atoms. The summed E-state index contributed by atoms with van der Waals surface area (Å²) in [6.07, 6.45) is 0. The van der Waals surface area contributed by atoms with Gasteiger partial charge in [-0.15, -0.1) is 0 Å². The molecule has 0 aliphatic rings. The molecule has 3 rings (SSSR count). The molecule has 1 aromatic heterocycles. The number of carbonyl (C=O) groups is 2. The first-order valence-electron chi connectivity index (χ1n) is 10.0. The Hall–Kier alpha value is -3.06. The van der Waals surface area contributed by atoms with Gasteiger partial charge in [-0.2, -0.15) is 0 Å². The lowest BCUT2D eigenvalue weighted by Crippen LogP contribution is -3.15. The molecule has 0 saturated carbocycles. The number of hydrogen-bond donors (Lipinski definition) is 3. The van der Waals surface area contributed by atoms with Gasteiger partial charge in [0.2, 0.25) is 0 Å². The van der Waals surface area contributed by atoms with Crippen LogP contribution in [0.2, 0.25) is 0 Å². The topological polar surface area (TPSA) is 85.0 Å². The molecule has 2 amide bonds. The van der Waals surface area contributed by atoms with Crippen molar-refractivity contribution in [1.82, 2.24) is 5.32 Å². The van der Waals surface area contributed by atoms with Crippen molar-refractivity contribution in [2.45, 2.75) is 39.3 Å². The number of carbonyl (C=O) groups excluding carboxylic acids is 2. The molecule has 2 aromatic carbocycles. The van der Waals surface area contributed by atoms with Gasteiger partial charge in [0.15, 0.2) is 12.6 Å². The van der Waals surface area contributed by atoms with E-state index >= 15 is 0 Å². The van der Waals surface area contributed by atoms with E-state index in [0.29, 0.717) is 17.0 Å². The average Bonchev–Trinajstić information content (AvgIpc) is 3.02. The molecule has 160 valence electrons. The lowest BCUT2D eigenvalue weighted by Gasteiger charge is -2.24. The van der Waals surface area contributed by atoms with Gasteiger partial charge < -0.3 is 24.7 Å². The molecule has 30 heavy (non-hydrogen) atoms. The van der Waals surface area contributed by atoms with Crippen molar-refractivity contribution in [3.8, 4) is 5.75 Å². The number of benzene rings is 2. The maximum absolute atomic E-state index is 12.8. The Morgan fingerprint density at radius 3 is 2.50 bits per heavy atom. The zero-order valence-electron chi connectivity index (χ0n) is 18.4. The highest BCUT2D eigenvalue weighted by Gasteiger charge is 2.26. The third-order valence-corrected chi connectivity index (χ3v) is 5.04. The normalized spacial score (nSPS) is 13.8. The van der Waals surface area contributed by atoms with Gasteiger partial charge >= 0.3 is 0 Å². The minimum absolute atomic E-state index is 0.0964. The van der Waals surface area contributed by atoms with Gasteiger partial charge in [-0.25, -0.2) is 0 Å². The highest BCUT2D eigenvalue weighted by Crippen LogP contribution is 2.36. The molecule has 0 saturated heterocycles. The number of hydrogen-bond acceptors (Lipinski definition) is 4. The third kappa shape index (κ3) is 4.74. The third-order valence-electron chi connectivity index (χ3n) is 5.04. The second-order valence-corrected chi connectivity index (χ2v) is 8.68. The van der Waals surface area contributed by atoms with Crippen LogP contribution in [0.25, 0.3) is 21.9 Å². The number of fused-ring (bicyclic) bond motifs is 3. The van der Waals surface area contributed by atoms with E-state index in [1.807, 2.05) is 58.2 Å². The van der Waals surface area contributed by atoms with Gasteiger partial charge in [-0.3, -0.25) is 9.59 Å². The molecule has 0 radical (unpaired) electrons. The van der Waals surface area contributed by atoms with Crippen molar-refractivity contribution in [2.24, 2.45) is 0 Å². The van der Waals surface area contributed by atoms with Gasteiger partial charge in [0.25, 0.3) is 11.8 Å². The van der Waals surface area contributed by atoms with E-state index in [2.05, 4.69) is 10.6 Å². The van der Waals surface area contributed by atoms with Gasteiger partial charge in [0.1, 0.15) is 16.9 Å². The summed E-state index contributed by atoms with van der Waals surface area (Å²) < 4.78 is 11.4. The quantitative estimate of drug-likeness (QED) is 0.580. The molecule has 7 heteroatoms. The second-order valence-electron chi connectivity index (χ2n) is 8.68. The van der Waals surface area contributed by atoms with E-state index in [1.54, 1.807) is 20.1 Å². The number of para-hydroxylation sites is 1. The zero-order valence-corrected chi connectivity index (χ0v) is 18.4. The number of nitrogens with one attached hydrogen (secondary N) is 3. The first-order valence-corrected chi connectivity index (χ1v) is 10.0. The molecule has 3 aromatic rings. The SMILES string of the molecule is COc1cc2c(cc1NC(=O)[C@@H](C)[NH+](C)CC(=O)NC(C)(C)C)oc1ccccc12. The van der Waals surface area contributed by atoms with Crippen LogP contribution in [0.1, 0.15) is 27.7 Å². The Morgan fingerprint density at radius 2 is 1.83 bits per heavy atom. The van der Waals surface area contributed by atoms with Crippen LogP contribution in [0.4, 0.5) is 5.69 Å². The largest absolute Gasteiger partial charge is 0.495 e. The summed E-state index contributed by atoms with van der Waals surface area (Å²) in [5.74, 6) is 0.253. The molecule has 2 atom stereocenters. The molecule has 0 bridgehead atoms. The Bertz CT molecular complexity index is 1080. The number of anilines is 1. The molecular formula is C23H30N3O4+. The van der Waals surface area contributed by atoms with Crippen molar-refractivity contribution < 1.29 is 23.6 Å². The monoisotopic (exact) mass is 412 g/mol. The van der Waals surface area contributed by atoms with Gasteiger partial charge in [-0.05, 0) is 39.8 Å². The highest BCUT2D eigenvalue weighted by atomic mass is 16.5. The van der Waals surface area contributed by atoms with E-state index in [0.717, 1.165) is 21.3 Å². The summed E-state index contributed by atoms with van der Waals surface area (Å²) >= 11 is 0. The fourth-order valence-corrected chi connectivity index (χ4v) is 3.35. The molecule has 7 nitrogen and oxygen atoms in total. The minimum Gasteiger partial charge on any atom is -0.495 e. The van der Waals surface area contributed by atoms with Crippen LogP contribution in [0.15, 0.2) is 40.8 Å². The van der Waals surface area contributed by atoms with Gasteiger partial charge in [0.05, 0.1) is 19.8 Å². The molecule has 0 aliphatic heterocycles. The van der Waals surface area contributed by atoms with Crippen LogP contribution in [-0.2, 0) is 9.59 Å². The number of quaternary nitrogens is 1. The van der Waals surface area contributed by atoms with Gasteiger partial charge in [-0.1, -0.05) is 18.2 Å². The molecule has 1 heterocycles. The fraction of sp³-hybridized carbons (Fsp3) is 0.391. The van der Waals surface area contributed by atoms with Crippen molar-refractivity contribution in [3.05, 3.63) is 36.4 Å². The Labute approximate surface area is 176 Å². The average molecular weight is 413 g/mol. The van der Waals surface area contributed by atoms with Crippen LogP contribution >= 0.6 is 0 Å². The summed E-state index contributed by atoms with van der Waals surface area (Å²) in [5, 5.41) is 7.76. The van der Waals surface area contributed by atoms with E-state index in [4.69, 9.17) is 9.15 Å². The summed E-state index contributed by atoms with van der Waals surface area (Å²) in [5.41, 5.74) is 1.68. The standard InChI is InChI=1S/C23H29N3O4/c1-14(26(5)13-21(27)25-23(2,3)4)22(28)24-17-12-19-16(11-20(17)29-6)15-9-7-8-10-18(15)30-19/h7-12,14H,13H2,1-6H3,(H,24,28)(H,25,27)/p+1/t14-/m1/s1. The Kier molecular flexibility index (Phi) is 6.03. The van der Waals surface area contributed by atoms with Crippen molar-refractivity contribution in [2.75, 3.05) is 26.0 Å². The number of amides is 2. The van der Waals surface area contributed by atoms with Crippen LogP contribution in [0, 0.1) is 0 Å². The van der Waals surface area contributed by atoms with Crippen molar-refractivity contribution >= 4 is 39.4 Å². The number of ether oxygens (including phenoxy) is 1. The zero-order chi connectivity index (χ0) is 22.1. The second kappa shape index (κ2) is 8.36. The van der Waals surface area contributed by atoms with Crippen LogP contribution < -0.4 is 20.3 Å². The number of furan rings is 1. The molecule has 1 unspecified atom stereocenters. The Balaban J connectivity index is 1.78. The number of rotatable bonds is 6. The first-order chi connectivity index (χ1) is 14.1. The summed E-state index contributed by atoms with van der Waals surface area (Å²) in [4.78, 5) is 25.8. The van der Waals surface area contributed by atoms with Crippen molar-refractivity contribution in [1.29, 1.82) is 0 Å². The van der Waals surface area contributed by atoms with E-state index in [9.17, 15) is 9.59 Å². The lowest BCUT2D eigenvalue weighted by molar-refractivity contribution is -0.885. The fourth-order valence-electron chi connectivity index (χ4n) is 3.35. The summed E-state index contributed by atoms with van der Waals surface area (Å²) in [7, 11) is 3.39. The van der Waals surface area contributed by atoms with E-state index in [1.165, 1.54) is 0 Å². The van der Waals surface area contributed by atoms with Crippen LogP contribution in [0.3, 0.4) is 0 Å². The Morgan fingerprint density at radius 1 is 1.13 bits per heavy atom. The van der Waals surface area contributed by atoms with Gasteiger partial charge in [0, 0.05) is 22.4 Å². The first kappa shape index (κ1) is 21.6. The summed E-state index contributed by atoms with van der Waals surface area (Å²) in [6.45, 7) is 7.78.